The van der Waals surface area contributed by atoms with Crippen molar-refractivity contribution < 1.29 is 19.0 Å². The number of rotatable bonds is 7. The van der Waals surface area contributed by atoms with Gasteiger partial charge in [0.1, 0.15) is 30.3 Å². The molecule has 0 bridgehead atoms. The molecule has 36 heavy (non-hydrogen) atoms. The van der Waals surface area contributed by atoms with Crippen LogP contribution in [0.4, 0.5) is 4.39 Å². The van der Waals surface area contributed by atoms with E-state index in [2.05, 4.69) is 17.0 Å². The molecule has 2 aliphatic heterocycles. The van der Waals surface area contributed by atoms with Crippen molar-refractivity contribution in [3.8, 4) is 17.6 Å². The highest BCUT2D eigenvalue weighted by atomic mass is 35.5. The van der Waals surface area contributed by atoms with Gasteiger partial charge in [0.2, 0.25) is 0 Å². The van der Waals surface area contributed by atoms with Crippen LogP contribution in [0.1, 0.15) is 36.5 Å². The zero-order valence-electron chi connectivity index (χ0n) is 20.1. The Balaban J connectivity index is 1.39. The quantitative estimate of drug-likeness (QED) is 0.489. The van der Waals surface area contributed by atoms with Crippen LogP contribution in [0.5, 0.6) is 11.5 Å². The first kappa shape index (κ1) is 24.4. The molecule has 2 aromatic carbocycles. The van der Waals surface area contributed by atoms with E-state index in [9.17, 15) is 14.8 Å². The average molecular weight is 507 g/mol. The number of ether oxygens (including phenoxy) is 2. The number of phenolic OH excluding ortho intramolecular Hbond substituents is 1. The number of phenols is 1. The molecule has 7 heteroatoms. The fourth-order valence-electron chi connectivity index (χ4n) is 5.08. The number of likely N-dealkylation sites (tertiary alicyclic amines) is 1. The molecular weight excluding hydrogens is 479 g/mol. The maximum Gasteiger partial charge on any atom is 0.146 e. The van der Waals surface area contributed by atoms with Gasteiger partial charge in [-0.05, 0) is 66.5 Å². The summed E-state index contributed by atoms with van der Waals surface area (Å²) in [5.74, 6) is 2.01. The van der Waals surface area contributed by atoms with E-state index < -0.39 is 0 Å². The Kier molecular flexibility index (Phi) is 7.04. The van der Waals surface area contributed by atoms with Crippen molar-refractivity contribution >= 4 is 22.7 Å². The number of nitrogens with zero attached hydrogens (tertiary/aromatic N) is 2. The van der Waals surface area contributed by atoms with Crippen LogP contribution >= 0.6 is 11.6 Å². The van der Waals surface area contributed by atoms with Gasteiger partial charge >= 0.3 is 0 Å². The van der Waals surface area contributed by atoms with Crippen molar-refractivity contribution in [2.75, 3.05) is 32.9 Å². The van der Waals surface area contributed by atoms with Crippen LogP contribution in [0.25, 0.3) is 11.1 Å². The molecular formula is C29H28ClFN2O3. The van der Waals surface area contributed by atoms with Crippen LogP contribution in [0.2, 0.25) is 5.02 Å². The Morgan fingerprint density at radius 1 is 1.19 bits per heavy atom. The fraction of sp³-hybridized carbons (Fsp3) is 0.345. The summed E-state index contributed by atoms with van der Waals surface area (Å²) in [5.41, 5.74) is 5.20. The first-order chi connectivity index (χ1) is 17.5. The van der Waals surface area contributed by atoms with Gasteiger partial charge in [-0.15, -0.1) is 0 Å². The molecule has 1 atom stereocenters. The zero-order valence-corrected chi connectivity index (χ0v) is 20.9. The van der Waals surface area contributed by atoms with E-state index in [0.717, 1.165) is 66.1 Å². The Labute approximate surface area is 215 Å². The number of alkyl halides is 1. The standard InChI is InChI=1S/C29H28ClFN2O3/c1-18-25-13-23(34)6-9-27(25)36-29(28(18)21-2-3-22(15-32)26(30)12-21)20-4-7-24(8-5-20)35-11-10-33-16-19(14-31)17-33/h2-4,6-7,9,12-13,19,29,34H,5,8,10-11,14,16-17H2,1H3/t29-/m1/s1. The molecule has 1 N–H and O–H groups in total. The third-order valence-electron chi connectivity index (χ3n) is 7.10. The van der Waals surface area contributed by atoms with Gasteiger partial charge < -0.3 is 14.6 Å². The summed E-state index contributed by atoms with van der Waals surface area (Å²) >= 11 is 6.39. The van der Waals surface area contributed by atoms with Crippen molar-refractivity contribution in [2.24, 2.45) is 5.92 Å². The van der Waals surface area contributed by atoms with Gasteiger partial charge in [0.25, 0.3) is 0 Å². The molecule has 0 aromatic heterocycles. The second-order valence-electron chi connectivity index (χ2n) is 9.53. The molecule has 0 spiro atoms. The molecule has 0 amide bonds. The van der Waals surface area contributed by atoms with Crippen LogP contribution in [0.15, 0.2) is 59.9 Å². The molecule has 1 saturated heterocycles. The topological polar surface area (TPSA) is 65.7 Å². The number of aromatic hydroxyl groups is 1. The summed E-state index contributed by atoms with van der Waals surface area (Å²) < 4.78 is 25.1. The number of fused-ring (bicyclic) bond motifs is 1. The highest BCUT2D eigenvalue weighted by Crippen LogP contribution is 2.45. The number of hydrogen-bond acceptors (Lipinski definition) is 5. The Morgan fingerprint density at radius 2 is 2.03 bits per heavy atom. The lowest BCUT2D eigenvalue weighted by molar-refractivity contribution is 0.0538. The van der Waals surface area contributed by atoms with Crippen LogP contribution in [-0.4, -0.2) is 49.0 Å². The fourth-order valence-corrected chi connectivity index (χ4v) is 5.30. The van der Waals surface area contributed by atoms with Gasteiger partial charge in [-0.1, -0.05) is 23.7 Å². The van der Waals surface area contributed by atoms with E-state index >= 15 is 0 Å². The van der Waals surface area contributed by atoms with Crippen molar-refractivity contribution in [2.45, 2.75) is 25.9 Å². The molecule has 0 radical (unpaired) electrons. The first-order valence-electron chi connectivity index (χ1n) is 12.2. The van der Waals surface area contributed by atoms with Crippen molar-refractivity contribution in [3.05, 3.63) is 81.6 Å². The molecule has 1 fully saturated rings. The lowest BCUT2D eigenvalue weighted by atomic mass is 9.83. The molecule has 5 rings (SSSR count). The number of nitriles is 1. The number of hydrogen-bond donors (Lipinski definition) is 1. The third kappa shape index (κ3) is 4.86. The average Bonchev–Trinajstić information content (AvgIpc) is 2.86. The number of allylic oxidation sites excluding steroid dienone is 4. The second kappa shape index (κ2) is 10.4. The highest BCUT2D eigenvalue weighted by Gasteiger charge is 2.32. The van der Waals surface area contributed by atoms with E-state index in [1.54, 1.807) is 30.3 Å². The molecule has 1 aliphatic carbocycles. The van der Waals surface area contributed by atoms with Gasteiger partial charge in [-0.3, -0.25) is 9.29 Å². The monoisotopic (exact) mass is 506 g/mol. The number of benzene rings is 2. The predicted octanol–water partition coefficient (Wildman–Crippen LogP) is 6.13. The SMILES string of the molecule is CC1=C(c2ccc(C#N)c(Cl)c2)[C@@H](C2=CC=C(OCCN3CC(CF)C3)CC2)Oc2ccc(O)cc21. The zero-order chi connectivity index (χ0) is 25.2. The van der Waals surface area contributed by atoms with Gasteiger partial charge in [0, 0.05) is 43.1 Å². The first-order valence-corrected chi connectivity index (χ1v) is 12.6. The maximum atomic E-state index is 12.6. The largest absolute Gasteiger partial charge is 0.508 e. The second-order valence-corrected chi connectivity index (χ2v) is 9.93. The molecule has 2 aromatic rings. The molecule has 3 aliphatic rings. The van der Waals surface area contributed by atoms with Gasteiger partial charge in [-0.2, -0.15) is 5.26 Å². The summed E-state index contributed by atoms with van der Waals surface area (Å²) in [6, 6.07) is 12.7. The van der Waals surface area contributed by atoms with Gasteiger partial charge in [0.15, 0.2) is 0 Å². The van der Waals surface area contributed by atoms with Crippen molar-refractivity contribution in [1.29, 1.82) is 5.26 Å². The lowest BCUT2D eigenvalue weighted by Gasteiger charge is -2.37. The van der Waals surface area contributed by atoms with Gasteiger partial charge in [-0.25, -0.2) is 0 Å². The summed E-state index contributed by atoms with van der Waals surface area (Å²) in [4.78, 5) is 2.21. The van der Waals surface area contributed by atoms with Crippen molar-refractivity contribution in [3.63, 3.8) is 0 Å². The van der Waals surface area contributed by atoms with E-state index in [4.69, 9.17) is 21.1 Å². The minimum absolute atomic E-state index is 0.174. The van der Waals surface area contributed by atoms with Crippen LogP contribution in [-0.2, 0) is 4.74 Å². The summed E-state index contributed by atoms with van der Waals surface area (Å²) in [5, 5.41) is 19.8. The Morgan fingerprint density at radius 3 is 2.72 bits per heavy atom. The van der Waals surface area contributed by atoms with Crippen molar-refractivity contribution in [1.82, 2.24) is 4.90 Å². The molecule has 5 nitrogen and oxygen atoms in total. The molecule has 2 heterocycles. The molecule has 0 saturated carbocycles. The Bertz CT molecular complexity index is 1300. The van der Waals surface area contributed by atoms with Gasteiger partial charge in [0.05, 0.1) is 23.0 Å². The molecule has 0 unspecified atom stereocenters. The van der Waals surface area contributed by atoms with E-state index in [-0.39, 0.29) is 24.4 Å². The number of halogens is 2. The summed E-state index contributed by atoms with van der Waals surface area (Å²) in [6.07, 6.45) is 5.28. The van der Waals surface area contributed by atoms with Crippen LogP contribution in [0.3, 0.4) is 0 Å². The van der Waals surface area contributed by atoms with E-state index in [1.807, 2.05) is 19.1 Å². The summed E-state index contributed by atoms with van der Waals surface area (Å²) in [6.45, 7) is 4.82. The van der Waals surface area contributed by atoms with Crippen LogP contribution in [0, 0.1) is 17.2 Å². The highest BCUT2D eigenvalue weighted by molar-refractivity contribution is 6.32. The Hall–Kier alpha value is -3.27. The van der Waals surface area contributed by atoms with E-state index in [1.165, 1.54) is 0 Å². The smallest absolute Gasteiger partial charge is 0.146 e. The molecule has 186 valence electrons. The maximum absolute atomic E-state index is 12.6. The van der Waals surface area contributed by atoms with E-state index in [0.29, 0.717) is 22.9 Å². The minimum Gasteiger partial charge on any atom is -0.508 e. The third-order valence-corrected chi connectivity index (χ3v) is 7.42. The van der Waals surface area contributed by atoms with Crippen LogP contribution < -0.4 is 4.74 Å². The summed E-state index contributed by atoms with van der Waals surface area (Å²) in [7, 11) is 0. The lowest BCUT2D eigenvalue weighted by Crippen LogP contribution is -2.48. The predicted molar refractivity (Wildman–Crippen MR) is 138 cm³/mol. The minimum atomic E-state index is -0.331. The normalized spacial score (nSPS) is 20.0.